The predicted molar refractivity (Wildman–Crippen MR) is 204 cm³/mol. The summed E-state index contributed by atoms with van der Waals surface area (Å²) in [6.45, 7) is 0. The number of carbonyl (C=O) groups excluding carboxylic acids is 1. The summed E-state index contributed by atoms with van der Waals surface area (Å²) in [4.78, 5) is 39.4. The Morgan fingerprint density at radius 3 is 1.90 bits per heavy atom. The van der Waals surface area contributed by atoms with Gasteiger partial charge in [-0.3, -0.25) is 19.0 Å². The number of pyridine rings is 1. The SMILES string of the molecule is O=C1c2ccc3c4ccc5c6c(ccc(c7ccc(c2c73)C2=Nc3cccc7cccc(c37)C12)c46)c(=O)n1c2cccc3cccc(nc51)c32. The van der Waals surface area contributed by atoms with Gasteiger partial charge >= 0.3 is 0 Å². The Labute approximate surface area is 282 Å². The Bertz CT molecular complexity index is 3510. The van der Waals surface area contributed by atoms with Crippen LogP contribution in [0.2, 0.25) is 0 Å². The van der Waals surface area contributed by atoms with Crippen molar-refractivity contribution in [3.8, 4) is 0 Å². The van der Waals surface area contributed by atoms with Gasteiger partial charge in [0.05, 0.1) is 28.4 Å². The summed E-state index contributed by atoms with van der Waals surface area (Å²) in [7, 11) is 0. The van der Waals surface area contributed by atoms with Gasteiger partial charge < -0.3 is 0 Å². The Balaban J connectivity index is 1.18. The van der Waals surface area contributed by atoms with E-state index in [1.165, 1.54) is 0 Å². The lowest BCUT2D eigenvalue weighted by Crippen LogP contribution is -2.29. The van der Waals surface area contributed by atoms with Gasteiger partial charge in [-0.15, -0.1) is 0 Å². The summed E-state index contributed by atoms with van der Waals surface area (Å²) in [5, 5.41) is 14.1. The van der Waals surface area contributed by atoms with Gasteiger partial charge in [0.2, 0.25) is 0 Å². The van der Waals surface area contributed by atoms with Crippen molar-refractivity contribution < 1.29 is 4.79 Å². The van der Waals surface area contributed by atoms with Crippen LogP contribution >= 0.6 is 0 Å². The fraction of sp³-hybridized carbons (Fsp3) is 0.0222. The van der Waals surface area contributed by atoms with Crippen molar-refractivity contribution in [1.82, 2.24) is 9.38 Å². The number of fused-ring (bicyclic) bond motifs is 8. The second-order valence-electron chi connectivity index (χ2n) is 13.9. The summed E-state index contributed by atoms with van der Waals surface area (Å²) in [5.74, 6) is -0.349. The van der Waals surface area contributed by atoms with E-state index in [1.54, 1.807) is 4.40 Å². The zero-order chi connectivity index (χ0) is 32.6. The molecule has 228 valence electrons. The molecule has 1 unspecified atom stereocenters. The standard InChI is InChI=1S/C45H21N3O2/c49-43-29-18-14-24-25-15-19-30-40-31(45(50)48-34-12-4-8-22-7-3-11-33(36(22)34)47-44(30)48)20-16-26(38(25)40)23-13-17-28(39(29)37(23)24)42-41(43)27-9-1-5-21-6-2-10-32(46-42)35(21)27/h1-20,41H. The highest BCUT2D eigenvalue weighted by molar-refractivity contribution is 6.43. The average Bonchev–Trinajstić information content (AvgIpc) is 3.15. The number of benzene rings is 9. The van der Waals surface area contributed by atoms with Crippen molar-refractivity contribution in [2.45, 2.75) is 5.92 Å². The summed E-state index contributed by atoms with van der Waals surface area (Å²) in [6, 6.07) is 41.5. The fourth-order valence-electron chi connectivity index (χ4n) is 9.70. The molecule has 0 fully saturated rings. The van der Waals surface area contributed by atoms with E-state index < -0.39 is 5.92 Å². The number of nitrogens with zero attached hydrogens (tertiary/aromatic N) is 3. The largest absolute Gasteiger partial charge is 0.293 e. The minimum absolute atomic E-state index is 0.0692. The van der Waals surface area contributed by atoms with Crippen LogP contribution in [-0.4, -0.2) is 20.9 Å². The van der Waals surface area contributed by atoms with Crippen LogP contribution in [0.15, 0.2) is 131 Å². The first-order valence-electron chi connectivity index (χ1n) is 17.0. The second kappa shape index (κ2) is 8.28. The summed E-state index contributed by atoms with van der Waals surface area (Å²) in [6.07, 6.45) is 0. The summed E-state index contributed by atoms with van der Waals surface area (Å²) < 4.78 is 1.79. The van der Waals surface area contributed by atoms with Gasteiger partial charge in [0.15, 0.2) is 5.78 Å². The van der Waals surface area contributed by atoms with Crippen molar-refractivity contribution >= 4 is 109 Å². The number of rotatable bonds is 0. The van der Waals surface area contributed by atoms with Gasteiger partial charge in [0.25, 0.3) is 5.56 Å². The third kappa shape index (κ3) is 2.71. The fourth-order valence-corrected chi connectivity index (χ4v) is 9.70. The first-order valence-corrected chi connectivity index (χ1v) is 17.0. The van der Waals surface area contributed by atoms with Crippen LogP contribution in [0.1, 0.15) is 27.4 Å². The highest BCUT2D eigenvalue weighted by atomic mass is 16.1. The van der Waals surface area contributed by atoms with Crippen LogP contribution in [-0.2, 0) is 0 Å². The number of Topliss-reactive ketones (excluding diaryl/α,β-unsaturated/α-hetero) is 1. The van der Waals surface area contributed by atoms with E-state index in [0.29, 0.717) is 11.0 Å². The molecule has 5 nitrogen and oxygen atoms in total. The minimum atomic E-state index is -0.441. The van der Waals surface area contributed by atoms with E-state index in [9.17, 15) is 9.59 Å². The van der Waals surface area contributed by atoms with E-state index >= 15 is 0 Å². The van der Waals surface area contributed by atoms with Crippen molar-refractivity contribution in [2.75, 3.05) is 0 Å². The molecule has 5 heteroatoms. The number of hydrogen-bond acceptors (Lipinski definition) is 4. The Kier molecular flexibility index (Phi) is 4.19. The van der Waals surface area contributed by atoms with E-state index in [0.717, 1.165) is 109 Å². The highest BCUT2D eigenvalue weighted by Crippen LogP contribution is 2.50. The van der Waals surface area contributed by atoms with E-state index in [1.807, 2.05) is 54.6 Å². The lowest BCUT2D eigenvalue weighted by atomic mass is 9.72. The maximum atomic E-state index is 14.6. The van der Waals surface area contributed by atoms with Gasteiger partial charge in [-0.25, -0.2) is 4.98 Å². The number of hydrogen-bond donors (Lipinski definition) is 0. The van der Waals surface area contributed by atoms with Gasteiger partial charge in [0.1, 0.15) is 5.65 Å². The third-order valence-corrected chi connectivity index (χ3v) is 11.7. The maximum Gasteiger partial charge on any atom is 0.264 e. The third-order valence-electron chi connectivity index (χ3n) is 11.7. The van der Waals surface area contributed by atoms with E-state index in [2.05, 4.69) is 66.7 Å². The number of carbonyl (C=O) groups is 1. The Hall–Kier alpha value is -6.72. The van der Waals surface area contributed by atoms with Crippen molar-refractivity contribution in [3.63, 3.8) is 0 Å². The number of aromatic nitrogens is 2. The lowest BCUT2D eigenvalue weighted by Gasteiger charge is -2.31. The van der Waals surface area contributed by atoms with E-state index in [4.69, 9.17) is 9.98 Å². The second-order valence-corrected chi connectivity index (χ2v) is 13.9. The first kappa shape index (κ1) is 25.3. The van der Waals surface area contributed by atoms with Crippen molar-refractivity contribution in [3.05, 3.63) is 148 Å². The van der Waals surface area contributed by atoms with Crippen molar-refractivity contribution in [1.29, 1.82) is 0 Å². The molecule has 1 aliphatic carbocycles. The molecule has 50 heavy (non-hydrogen) atoms. The van der Waals surface area contributed by atoms with Crippen LogP contribution in [0.25, 0.3) is 92.1 Å². The minimum Gasteiger partial charge on any atom is -0.293 e. The van der Waals surface area contributed by atoms with Gasteiger partial charge in [-0.2, -0.15) is 0 Å². The Morgan fingerprint density at radius 2 is 1.10 bits per heavy atom. The zero-order valence-electron chi connectivity index (χ0n) is 26.3. The number of ketones is 1. The molecule has 2 aliphatic rings. The normalized spacial score (nSPS) is 15.6. The molecule has 2 aromatic heterocycles. The van der Waals surface area contributed by atoms with Crippen LogP contribution in [0.3, 0.4) is 0 Å². The summed E-state index contributed by atoms with van der Waals surface area (Å²) in [5.41, 5.74) is 6.85. The molecular weight excluding hydrogens is 615 g/mol. The van der Waals surface area contributed by atoms with Crippen LogP contribution in [0, 0.1) is 0 Å². The van der Waals surface area contributed by atoms with Gasteiger partial charge in [0, 0.05) is 43.4 Å². The zero-order valence-corrected chi connectivity index (χ0v) is 26.3. The van der Waals surface area contributed by atoms with Crippen LogP contribution < -0.4 is 5.56 Å². The molecule has 0 saturated carbocycles. The first-order chi connectivity index (χ1) is 24.7. The molecule has 0 bridgehead atoms. The highest BCUT2D eigenvalue weighted by Gasteiger charge is 2.39. The van der Waals surface area contributed by atoms with Gasteiger partial charge in [-0.05, 0) is 79.0 Å². The molecule has 1 atom stereocenters. The van der Waals surface area contributed by atoms with Crippen molar-refractivity contribution in [2.24, 2.45) is 4.99 Å². The van der Waals surface area contributed by atoms with E-state index in [-0.39, 0.29) is 11.3 Å². The molecule has 0 saturated heterocycles. The topological polar surface area (TPSA) is 63.8 Å². The molecule has 9 aromatic carbocycles. The maximum absolute atomic E-state index is 14.6. The quantitative estimate of drug-likeness (QED) is 0.123. The number of aliphatic imine (C=N–C) groups is 1. The van der Waals surface area contributed by atoms with Crippen LogP contribution in [0.4, 0.5) is 5.69 Å². The molecule has 3 heterocycles. The molecule has 11 aromatic rings. The molecule has 0 amide bonds. The summed E-state index contributed by atoms with van der Waals surface area (Å²) >= 11 is 0. The monoisotopic (exact) mass is 635 g/mol. The van der Waals surface area contributed by atoms with Gasteiger partial charge in [-0.1, -0.05) is 91.0 Å². The molecule has 13 rings (SSSR count). The predicted octanol–water partition coefficient (Wildman–Crippen LogP) is 10.2. The molecule has 0 radical (unpaired) electrons. The average molecular weight is 636 g/mol. The van der Waals surface area contributed by atoms with Crippen LogP contribution in [0.5, 0.6) is 0 Å². The molecule has 0 spiro atoms. The smallest absolute Gasteiger partial charge is 0.264 e. The lowest BCUT2D eigenvalue weighted by molar-refractivity contribution is 0.0983. The Morgan fingerprint density at radius 1 is 0.500 bits per heavy atom. The molecule has 0 N–H and O–H groups in total. The molecule has 1 aliphatic heterocycles. The molecular formula is C45H21N3O2.